The van der Waals surface area contributed by atoms with Crippen molar-refractivity contribution in [1.82, 2.24) is 19.4 Å². The highest BCUT2D eigenvalue weighted by molar-refractivity contribution is 7.89. The Balaban J connectivity index is 1.93. The molecule has 2 rings (SSSR count). The maximum absolute atomic E-state index is 12.9. The van der Waals surface area contributed by atoms with Crippen LogP contribution in [-0.2, 0) is 10.0 Å². The standard InChI is InChI=1S/C19H32N4O2S2/c1-5-16(2)17-6-8-18(9-7-17)27(24,25)23-14-12-22(13-15-23)19(26)20-10-11-21(3)4/h6-9,16H,5,10-15H2,1-4H3,(H,20,26)/t16-/m1/s1. The minimum atomic E-state index is -3.45. The predicted octanol–water partition coefficient (Wildman–Crippen LogP) is 1.94. The number of sulfonamides is 1. The molecule has 0 aliphatic carbocycles. The Labute approximate surface area is 169 Å². The number of likely N-dealkylation sites (N-methyl/N-ethyl adjacent to an activating group) is 1. The molecule has 1 atom stereocenters. The number of rotatable bonds is 7. The molecule has 1 aliphatic rings. The highest BCUT2D eigenvalue weighted by Gasteiger charge is 2.29. The third-order valence-electron chi connectivity index (χ3n) is 5.06. The van der Waals surface area contributed by atoms with Crippen molar-refractivity contribution < 1.29 is 8.42 Å². The van der Waals surface area contributed by atoms with E-state index in [1.807, 2.05) is 31.1 Å². The lowest BCUT2D eigenvalue weighted by atomic mass is 9.99. The summed E-state index contributed by atoms with van der Waals surface area (Å²) in [5.74, 6) is 0.436. The van der Waals surface area contributed by atoms with Gasteiger partial charge in [0.15, 0.2) is 5.11 Å². The van der Waals surface area contributed by atoms with E-state index in [9.17, 15) is 8.42 Å². The molecule has 0 radical (unpaired) electrons. The van der Waals surface area contributed by atoms with Crippen molar-refractivity contribution in [2.24, 2.45) is 0 Å². The lowest BCUT2D eigenvalue weighted by Gasteiger charge is -2.35. The minimum Gasteiger partial charge on any atom is -0.361 e. The Kier molecular flexibility index (Phi) is 8.03. The zero-order valence-corrected chi connectivity index (χ0v) is 18.4. The molecule has 1 heterocycles. The van der Waals surface area contributed by atoms with Crippen molar-refractivity contribution in [1.29, 1.82) is 0 Å². The monoisotopic (exact) mass is 412 g/mol. The number of piperazine rings is 1. The lowest BCUT2D eigenvalue weighted by Crippen LogP contribution is -2.53. The molecule has 0 bridgehead atoms. The molecule has 1 aliphatic heterocycles. The van der Waals surface area contributed by atoms with E-state index in [0.29, 0.717) is 42.1 Å². The summed E-state index contributed by atoms with van der Waals surface area (Å²) in [6.07, 6.45) is 1.04. The average Bonchev–Trinajstić information content (AvgIpc) is 2.67. The van der Waals surface area contributed by atoms with Gasteiger partial charge in [-0.05, 0) is 56.3 Å². The molecular weight excluding hydrogens is 380 g/mol. The van der Waals surface area contributed by atoms with Gasteiger partial charge in [0.05, 0.1) is 4.90 Å². The summed E-state index contributed by atoms with van der Waals surface area (Å²) in [5.41, 5.74) is 1.18. The summed E-state index contributed by atoms with van der Waals surface area (Å²) in [6, 6.07) is 7.33. The molecule has 1 N–H and O–H groups in total. The van der Waals surface area contributed by atoms with E-state index < -0.39 is 10.0 Å². The van der Waals surface area contributed by atoms with Crippen LogP contribution < -0.4 is 5.32 Å². The summed E-state index contributed by atoms with van der Waals surface area (Å²) in [6.45, 7) is 8.09. The summed E-state index contributed by atoms with van der Waals surface area (Å²) in [7, 11) is 0.583. The van der Waals surface area contributed by atoms with Gasteiger partial charge in [-0.3, -0.25) is 0 Å². The molecule has 0 unspecified atom stereocenters. The van der Waals surface area contributed by atoms with Crippen LogP contribution in [0.25, 0.3) is 0 Å². The number of nitrogens with one attached hydrogen (secondary N) is 1. The van der Waals surface area contributed by atoms with Gasteiger partial charge in [-0.25, -0.2) is 8.42 Å². The van der Waals surface area contributed by atoms with E-state index in [4.69, 9.17) is 12.2 Å². The van der Waals surface area contributed by atoms with Crippen molar-refractivity contribution >= 4 is 27.4 Å². The second-order valence-electron chi connectivity index (χ2n) is 7.30. The molecule has 152 valence electrons. The van der Waals surface area contributed by atoms with Gasteiger partial charge in [-0.1, -0.05) is 26.0 Å². The van der Waals surface area contributed by atoms with Crippen molar-refractivity contribution in [3.63, 3.8) is 0 Å². The minimum absolute atomic E-state index is 0.370. The van der Waals surface area contributed by atoms with Crippen LogP contribution in [0.5, 0.6) is 0 Å². The maximum atomic E-state index is 12.9. The molecule has 0 aromatic heterocycles. The molecule has 27 heavy (non-hydrogen) atoms. The first-order valence-corrected chi connectivity index (χ1v) is 11.4. The van der Waals surface area contributed by atoms with Crippen LogP contribution in [0.1, 0.15) is 31.7 Å². The predicted molar refractivity (Wildman–Crippen MR) is 115 cm³/mol. The summed E-state index contributed by atoms with van der Waals surface area (Å²) >= 11 is 5.43. The summed E-state index contributed by atoms with van der Waals surface area (Å²) < 4.78 is 27.4. The van der Waals surface area contributed by atoms with Crippen molar-refractivity contribution in [3.05, 3.63) is 29.8 Å². The fourth-order valence-corrected chi connectivity index (χ4v) is 4.69. The number of nitrogens with zero attached hydrogens (tertiary/aromatic N) is 3. The van der Waals surface area contributed by atoms with Crippen LogP contribution in [0.4, 0.5) is 0 Å². The van der Waals surface area contributed by atoms with Gasteiger partial charge in [0.25, 0.3) is 0 Å². The molecule has 0 amide bonds. The van der Waals surface area contributed by atoms with Crippen LogP contribution in [0, 0.1) is 0 Å². The first-order valence-electron chi connectivity index (χ1n) is 9.53. The molecule has 1 aromatic rings. The van der Waals surface area contributed by atoms with E-state index in [2.05, 4.69) is 24.1 Å². The van der Waals surface area contributed by atoms with Crippen molar-refractivity contribution in [3.8, 4) is 0 Å². The third-order valence-corrected chi connectivity index (χ3v) is 7.38. The molecule has 1 aromatic carbocycles. The van der Waals surface area contributed by atoms with E-state index in [1.165, 1.54) is 5.56 Å². The van der Waals surface area contributed by atoms with Gasteiger partial charge in [0.1, 0.15) is 0 Å². The summed E-state index contributed by atoms with van der Waals surface area (Å²) in [5, 5.41) is 3.94. The van der Waals surface area contributed by atoms with Crippen molar-refractivity contribution in [2.45, 2.75) is 31.1 Å². The Morgan fingerprint density at radius 2 is 1.78 bits per heavy atom. The number of benzene rings is 1. The lowest BCUT2D eigenvalue weighted by molar-refractivity contribution is 0.263. The molecule has 0 saturated carbocycles. The highest BCUT2D eigenvalue weighted by atomic mass is 32.2. The highest BCUT2D eigenvalue weighted by Crippen LogP contribution is 2.23. The van der Waals surface area contributed by atoms with E-state index >= 15 is 0 Å². The zero-order valence-electron chi connectivity index (χ0n) is 16.8. The molecule has 1 saturated heterocycles. The van der Waals surface area contributed by atoms with E-state index in [1.54, 1.807) is 16.4 Å². The van der Waals surface area contributed by atoms with Gasteiger partial charge in [0.2, 0.25) is 10.0 Å². The van der Waals surface area contributed by atoms with Crippen LogP contribution >= 0.6 is 12.2 Å². The van der Waals surface area contributed by atoms with Gasteiger partial charge in [-0.15, -0.1) is 0 Å². The molecule has 6 nitrogen and oxygen atoms in total. The van der Waals surface area contributed by atoms with Crippen LogP contribution in [0.3, 0.4) is 0 Å². The topological polar surface area (TPSA) is 55.9 Å². The second kappa shape index (κ2) is 9.82. The molecular formula is C19H32N4O2S2. The Morgan fingerprint density at radius 1 is 1.19 bits per heavy atom. The molecule has 1 fully saturated rings. The SMILES string of the molecule is CC[C@@H](C)c1ccc(S(=O)(=O)N2CCN(C(=S)NCCN(C)C)CC2)cc1. The largest absolute Gasteiger partial charge is 0.361 e. The number of hydrogen-bond acceptors (Lipinski definition) is 4. The van der Waals surface area contributed by atoms with Gasteiger partial charge in [-0.2, -0.15) is 4.31 Å². The van der Waals surface area contributed by atoms with Gasteiger partial charge in [0, 0.05) is 39.3 Å². The normalized spacial score (nSPS) is 17.1. The maximum Gasteiger partial charge on any atom is 0.243 e. The summed E-state index contributed by atoms with van der Waals surface area (Å²) in [4.78, 5) is 4.50. The van der Waals surface area contributed by atoms with Gasteiger partial charge >= 0.3 is 0 Å². The van der Waals surface area contributed by atoms with Crippen LogP contribution in [0.15, 0.2) is 29.2 Å². The van der Waals surface area contributed by atoms with E-state index in [-0.39, 0.29) is 0 Å². The smallest absolute Gasteiger partial charge is 0.243 e. The Hall–Kier alpha value is -1.22. The van der Waals surface area contributed by atoms with Crippen LogP contribution in [-0.4, -0.2) is 81.0 Å². The van der Waals surface area contributed by atoms with E-state index in [0.717, 1.165) is 19.5 Å². The molecule has 0 spiro atoms. The second-order valence-corrected chi connectivity index (χ2v) is 9.63. The van der Waals surface area contributed by atoms with Crippen LogP contribution in [0.2, 0.25) is 0 Å². The average molecular weight is 413 g/mol. The zero-order chi connectivity index (χ0) is 20.0. The van der Waals surface area contributed by atoms with Crippen molar-refractivity contribution in [2.75, 3.05) is 53.4 Å². The fraction of sp³-hybridized carbons (Fsp3) is 0.632. The Bertz CT molecular complexity index is 712. The van der Waals surface area contributed by atoms with Gasteiger partial charge < -0.3 is 15.1 Å². The molecule has 8 heteroatoms. The number of thiocarbonyl (C=S) groups is 1. The first kappa shape index (κ1) is 22.1. The quantitative estimate of drug-likeness (QED) is 0.691. The number of hydrogen-bond donors (Lipinski definition) is 1. The third kappa shape index (κ3) is 5.88. The first-order chi connectivity index (χ1) is 12.8. The fourth-order valence-electron chi connectivity index (χ4n) is 2.98. The Morgan fingerprint density at radius 3 is 2.30 bits per heavy atom.